The summed E-state index contributed by atoms with van der Waals surface area (Å²) < 4.78 is 36.5. The number of alkyl halides is 4. The number of pyridine rings is 1. The first-order valence-electron chi connectivity index (χ1n) is 4.32. The van der Waals surface area contributed by atoms with Crippen LogP contribution in [0.3, 0.4) is 0 Å². The molecule has 7 heteroatoms. The normalized spacial score (nSPS) is 11.2. The van der Waals surface area contributed by atoms with Gasteiger partial charge in [-0.1, -0.05) is 15.9 Å². The number of hydrogen-bond acceptors (Lipinski definition) is 2. The Kier molecular flexibility index (Phi) is 4.28. The number of nitrogens with one attached hydrogen (secondary N) is 1. The minimum absolute atomic E-state index is 0.0334. The van der Waals surface area contributed by atoms with E-state index in [1.807, 2.05) is 0 Å². The van der Waals surface area contributed by atoms with Gasteiger partial charge in [0.25, 0.3) is 5.91 Å². The van der Waals surface area contributed by atoms with E-state index in [0.29, 0.717) is 18.1 Å². The summed E-state index contributed by atoms with van der Waals surface area (Å²) in [5.41, 5.74) is -0.904. The zero-order valence-corrected chi connectivity index (χ0v) is 9.60. The summed E-state index contributed by atoms with van der Waals surface area (Å²) in [7, 11) is 0. The van der Waals surface area contributed by atoms with E-state index < -0.39 is 17.6 Å². The molecule has 0 spiro atoms. The molecular formula is C9H8BrF3N2O. The van der Waals surface area contributed by atoms with E-state index in [1.54, 1.807) is 0 Å². The minimum Gasteiger partial charge on any atom is -0.350 e. The van der Waals surface area contributed by atoms with Crippen LogP contribution in [0.1, 0.15) is 16.1 Å². The van der Waals surface area contributed by atoms with Crippen LogP contribution in [0.4, 0.5) is 13.2 Å². The van der Waals surface area contributed by atoms with Gasteiger partial charge in [-0.2, -0.15) is 13.2 Å². The standard InChI is InChI=1S/C9H8BrF3N2O/c10-3-4-14-8(16)7-2-1-6(5-15-7)9(11,12)13/h1-2,5H,3-4H2,(H,14,16). The summed E-state index contributed by atoms with van der Waals surface area (Å²) in [5.74, 6) is -0.492. The van der Waals surface area contributed by atoms with E-state index >= 15 is 0 Å². The van der Waals surface area contributed by atoms with Crippen LogP contribution in [0.15, 0.2) is 18.3 Å². The van der Waals surface area contributed by atoms with E-state index in [2.05, 4.69) is 26.2 Å². The largest absolute Gasteiger partial charge is 0.417 e. The number of nitrogens with zero attached hydrogens (tertiary/aromatic N) is 1. The monoisotopic (exact) mass is 296 g/mol. The average molecular weight is 297 g/mol. The maximum Gasteiger partial charge on any atom is 0.417 e. The lowest BCUT2D eigenvalue weighted by atomic mass is 10.2. The predicted octanol–water partition coefficient (Wildman–Crippen LogP) is 2.23. The molecule has 0 radical (unpaired) electrons. The molecule has 0 atom stereocenters. The number of amides is 1. The molecule has 88 valence electrons. The van der Waals surface area contributed by atoms with Crippen molar-refractivity contribution >= 4 is 21.8 Å². The SMILES string of the molecule is O=C(NCCBr)c1ccc(C(F)(F)F)cn1. The third kappa shape index (κ3) is 3.48. The first-order valence-corrected chi connectivity index (χ1v) is 5.44. The molecule has 0 saturated heterocycles. The lowest BCUT2D eigenvalue weighted by molar-refractivity contribution is -0.137. The topological polar surface area (TPSA) is 42.0 Å². The number of halogens is 4. The van der Waals surface area contributed by atoms with E-state index in [-0.39, 0.29) is 5.69 Å². The second kappa shape index (κ2) is 5.29. The highest BCUT2D eigenvalue weighted by Gasteiger charge is 2.30. The van der Waals surface area contributed by atoms with Gasteiger partial charge in [0.2, 0.25) is 0 Å². The van der Waals surface area contributed by atoms with Crippen LogP contribution >= 0.6 is 15.9 Å². The second-order valence-corrected chi connectivity index (χ2v) is 3.67. The van der Waals surface area contributed by atoms with E-state index in [4.69, 9.17) is 0 Å². The molecule has 0 aliphatic heterocycles. The molecule has 0 aliphatic carbocycles. The van der Waals surface area contributed by atoms with Crippen molar-refractivity contribution in [1.29, 1.82) is 0 Å². The van der Waals surface area contributed by atoms with Crippen LogP contribution in [-0.2, 0) is 6.18 Å². The number of aromatic nitrogens is 1. The van der Waals surface area contributed by atoms with Crippen LogP contribution in [0.25, 0.3) is 0 Å². The van der Waals surface area contributed by atoms with Crippen LogP contribution in [0.2, 0.25) is 0 Å². The fourth-order valence-electron chi connectivity index (χ4n) is 0.947. The Bertz CT molecular complexity index is 364. The quantitative estimate of drug-likeness (QED) is 0.869. The Balaban J connectivity index is 2.75. The van der Waals surface area contributed by atoms with Gasteiger partial charge in [-0.15, -0.1) is 0 Å². The van der Waals surface area contributed by atoms with Gasteiger partial charge in [0.1, 0.15) is 5.69 Å². The molecule has 0 bridgehead atoms. The van der Waals surface area contributed by atoms with E-state index in [9.17, 15) is 18.0 Å². The van der Waals surface area contributed by atoms with Crippen molar-refractivity contribution in [2.45, 2.75) is 6.18 Å². The molecule has 0 saturated carbocycles. The van der Waals surface area contributed by atoms with Crippen LogP contribution in [0, 0.1) is 0 Å². The Morgan fingerprint density at radius 1 is 1.44 bits per heavy atom. The summed E-state index contributed by atoms with van der Waals surface area (Å²) in [6.07, 6.45) is -3.79. The van der Waals surface area contributed by atoms with Gasteiger partial charge in [0, 0.05) is 18.1 Å². The minimum atomic E-state index is -4.43. The number of carbonyl (C=O) groups excluding carboxylic acids is 1. The van der Waals surface area contributed by atoms with E-state index in [1.165, 1.54) is 0 Å². The summed E-state index contributed by atoms with van der Waals surface area (Å²) in [5, 5.41) is 3.05. The molecule has 0 aliphatic rings. The first-order chi connectivity index (χ1) is 7.45. The third-order valence-electron chi connectivity index (χ3n) is 1.70. The molecule has 1 N–H and O–H groups in total. The summed E-state index contributed by atoms with van der Waals surface area (Å²) in [6, 6.07) is 1.88. The highest BCUT2D eigenvalue weighted by molar-refractivity contribution is 9.09. The third-order valence-corrected chi connectivity index (χ3v) is 2.10. The van der Waals surface area contributed by atoms with Crippen molar-refractivity contribution in [3.8, 4) is 0 Å². The number of hydrogen-bond donors (Lipinski definition) is 1. The lowest BCUT2D eigenvalue weighted by Crippen LogP contribution is -2.26. The molecule has 1 rings (SSSR count). The molecule has 1 amide bonds. The van der Waals surface area contributed by atoms with Crippen molar-refractivity contribution in [2.24, 2.45) is 0 Å². The maximum atomic E-state index is 12.2. The van der Waals surface area contributed by atoms with Gasteiger partial charge >= 0.3 is 6.18 Å². The van der Waals surface area contributed by atoms with Crippen LogP contribution in [0.5, 0.6) is 0 Å². The summed E-state index contributed by atoms with van der Waals surface area (Å²) in [6.45, 7) is 0.390. The predicted molar refractivity (Wildman–Crippen MR) is 55.4 cm³/mol. The molecule has 3 nitrogen and oxygen atoms in total. The highest BCUT2D eigenvalue weighted by atomic mass is 79.9. The zero-order chi connectivity index (χ0) is 12.2. The van der Waals surface area contributed by atoms with Crippen molar-refractivity contribution < 1.29 is 18.0 Å². The number of rotatable bonds is 3. The molecule has 1 heterocycles. The summed E-state index contributed by atoms with van der Waals surface area (Å²) in [4.78, 5) is 14.7. The molecule has 0 aromatic carbocycles. The van der Waals surface area contributed by atoms with E-state index in [0.717, 1.165) is 12.1 Å². The van der Waals surface area contributed by atoms with Crippen LogP contribution < -0.4 is 5.32 Å². The maximum absolute atomic E-state index is 12.2. The molecule has 16 heavy (non-hydrogen) atoms. The van der Waals surface area contributed by atoms with Crippen molar-refractivity contribution in [3.63, 3.8) is 0 Å². The Hall–Kier alpha value is -1.11. The van der Waals surface area contributed by atoms with Gasteiger partial charge in [-0.05, 0) is 12.1 Å². The Labute approximate surface area is 98.2 Å². The lowest BCUT2D eigenvalue weighted by Gasteiger charge is -2.06. The van der Waals surface area contributed by atoms with Crippen molar-refractivity contribution in [1.82, 2.24) is 10.3 Å². The fourth-order valence-corrected chi connectivity index (χ4v) is 1.15. The molecule has 1 aromatic heterocycles. The molecule has 0 unspecified atom stereocenters. The smallest absolute Gasteiger partial charge is 0.350 e. The van der Waals surface area contributed by atoms with Gasteiger partial charge in [0.05, 0.1) is 5.56 Å². The zero-order valence-electron chi connectivity index (χ0n) is 8.01. The highest BCUT2D eigenvalue weighted by Crippen LogP contribution is 2.28. The van der Waals surface area contributed by atoms with Gasteiger partial charge in [-0.3, -0.25) is 9.78 Å². The van der Waals surface area contributed by atoms with Crippen molar-refractivity contribution in [3.05, 3.63) is 29.6 Å². The number of carbonyl (C=O) groups is 1. The fraction of sp³-hybridized carbons (Fsp3) is 0.333. The van der Waals surface area contributed by atoms with Crippen molar-refractivity contribution in [2.75, 3.05) is 11.9 Å². The van der Waals surface area contributed by atoms with Crippen LogP contribution in [-0.4, -0.2) is 22.8 Å². The summed E-state index contributed by atoms with van der Waals surface area (Å²) >= 11 is 3.10. The Morgan fingerprint density at radius 3 is 2.56 bits per heavy atom. The van der Waals surface area contributed by atoms with Gasteiger partial charge in [0.15, 0.2) is 0 Å². The molecular weight excluding hydrogens is 289 g/mol. The molecule has 1 aromatic rings. The van der Waals surface area contributed by atoms with Gasteiger partial charge in [-0.25, -0.2) is 0 Å². The van der Waals surface area contributed by atoms with Gasteiger partial charge < -0.3 is 5.32 Å². The molecule has 0 fully saturated rings. The average Bonchev–Trinajstić information content (AvgIpc) is 2.25. The first kappa shape index (κ1) is 13.0. The second-order valence-electron chi connectivity index (χ2n) is 2.87. The Morgan fingerprint density at radius 2 is 2.12 bits per heavy atom.